The lowest BCUT2D eigenvalue weighted by molar-refractivity contribution is -0.129. The van der Waals surface area contributed by atoms with Crippen LogP contribution in [0.15, 0.2) is 10.6 Å². The number of hydrogen-bond donors (Lipinski definition) is 0. The van der Waals surface area contributed by atoms with E-state index in [2.05, 4.69) is 23.7 Å². The third-order valence-corrected chi connectivity index (χ3v) is 3.87. The Morgan fingerprint density at radius 3 is 2.82 bits per heavy atom. The molecule has 0 N–H and O–H groups in total. The number of Topliss-reactive ketones (excluding diaryl/α,β-unsaturated/α-hetero) is 1. The zero-order valence-corrected chi connectivity index (χ0v) is 10.9. The number of aryl methyl sites for hydroxylation is 1. The molecule has 2 rings (SSSR count). The molecule has 1 aliphatic heterocycles. The van der Waals surface area contributed by atoms with Crippen molar-refractivity contribution in [1.82, 2.24) is 9.88 Å². The predicted molar refractivity (Wildman–Crippen MR) is 64.6 cm³/mol. The molecule has 0 saturated carbocycles. The van der Waals surface area contributed by atoms with E-state index in [0.29, 0.717) is 12.2 Å². The number of nitrogens with zero attached hydrogens (tertiary/aromatic N) is 2. The number of carbonyl (C=O) groups is 1. The van der Waals surface area contributed by atoms with Crippen LogP contribution >= 0.6 is 0 Å². The number of rotatable bonds is 2. The maximum atomic E-state index is 11.6. The van der Waals surface area contributed by atoms with E-state index in [1.807, 2.05) is 13.8 Å². The number of carbonyl (C=O) groups excluding carboxylic acids is 1. The molecular weight excluding hydrogens is 216 g/mol. The Bertz CT molecular complexity index is 413. The fourth-order valence-corrected chi connectivity index (χ4v) is 2.48. The first-order valence-corrected chi connectivity index (χ1v) is 6.21. The number of hydrogen-bond acceptors (Lipinski definition) is 4. The van der Waals surface area contributed by atoms with Crippen LogP contribution in [0.4, 0.5) is 0 Å². The van der Waals surface area contributed by atoms with Gasteiger partial charge in [0.05, 0.1) is 12.2 Å². The topological polar surface area (TPSA) is 46.3 Å². The van der Waals surface area contributed by atoms with E-state index >= 15 is 0 Å². The molecule has 17 heavy (non-hydrogen) atoms. The Kier molecular flexibility index (Phi) is 3.33. The van der Waals surface area contributed by atoms with Crippen LogP contribution in [-0.2, 0) is 4.79 Å². The van der Waals surface area contributed by atoms with Crippen molar-refractivity contribution in [3.8, 4) is 0 Å². The first-order chi connectivity index (χ1) is 8.00. The molecule has 3 atom stereocenters. The van der Waals surface area contributed by atoms with Crippen LogP contribution in [0.25, 0.3) is 0 Å². The quantitative estimate of drug-likeness (QED) is 0.790. The largest absolute Gasteiger partial charge is 0.444 e. The summed E-state index contributed by atoms with van der Waals surface area (Å²) in [5.74, 6) is 2.04. The highest BCUT2D eigenvalue weighted by atomic mass is 16.4. The van der Waals surface area contributed by atoms with Gasteiger partial charge in [-0.2, -0.15) is 0 Å². The molecule has 0 aliphatic carbocycles. The molecule has 0 aromatic carbocycles. The van der Waals surface area contributed by atoms with Crippen LogP contribution in [0, 0.1) is 12.8 Å². The molecule has 2 heterocycles. The Morgan fingerprint density at radius 1 is 1.53 bits per heavy atom. The van der Waals surface area contributed by atoms with Crippen LogP contribution < -0.4 is 0 Å². The fraction of sp³-hybridized carbons (Fsp3) is 0.692. The Morgan fingerprint density at radius 2 is 2.24 bits per heavy atom. The number of aromatic nitrogens is 1. The second-order valence-electron chi connectivity index (χ2n) is 4.97. The minimum absolute atomic E-state index is 0.0993. The summed E-state index contributed by atoms with van der Waals surface area (Å²) in [5.41, 5.74) is 0. The van der Waals surface area contributed by atoms with E-state index in [9.17, 15) is 4.79 Å². The van der Waals surface area contributed by atoms with Crippen molar-refractivity contribution in [3.63, 3.8) is 0 Å². The van der Waals surface area contributed by atoms with Gasteiger partial charge < -0.3 is 4.42 Å². The van der Waals surface area contributed by atoms with Crippen molar-refractivity contribution in [1.29, 1.82) is 0 Å². The summed E-state index contributed by atoms with van der Waals surface area (Å²) in [6.07, 6.45) is 2.38. The molecule has 94 valence electrons. The highest BCUT2D eigenvalue weighted by Crippen LogP contribution is 2.29. The zero-order chi connectivity index (χ0) is 12.6. The molecule has 0 spiro atoms. The van der Waals surface area contributed by atoms with E-state index in [4.69, 9.17) is 4.42 Å². The fourth-order valence-electron chi connectivity index (χ4n) is 2.48. The second-order valence-corrected chi connectivity index (χ2v) is 4.97. The molecular formula is C13H20N2O2. The maximum Gasteiger partial charge on any atom is 0.211 e. The summed E-state index contributed by atoms with van der Waals surface area (Å²) in [4.78, 5) is 18.2. The van der Waals surface area contributed by atoms with E-state index in [-0.39, 0.29) is 18.0 Å². The van der Waals surface area contributed by atoms with Gasteiger partial charge >= 0.3 is 0 Å². The lowest BCUT2D eigenvalue weighted by Crippen LogP contribution is -2.47. The summed E-state index contributed by atoms with van der Waals surface area (Å²) in [7, 11) is 0. The van der Waals surface area contributed by atoms with Crippen LogP contribution in [0.2, 0.25) is 0 Å². The van der Waals surface area contributed by atoms with Gasteiger partial charge in [0.15, 0.2) is 0 Å². The first kappa shape index (κ1) is 12.3. The van der Waals surface area contributed by atoms with E-state index in [1.54, 1.807) is 6.20 Å². The number of oxazole rings is 1. The van der Waals surface area contributed by atoms with Crippen LogP contribution in [0.3, 0.4) is 0 Å². The summed E-state index contributed by atoms with van der Waals surface area (Å²) in [6, 6.07) is 0.382. The lowest BCUT2D eigenvalue weighted by Gasteiger charge is -2.39. The third kappa shape index (κ3) is 2.27. The first-order valence-electron chi connectivity index (χ1n) is 6.21. The summed E-state index contributed by atoms with van der Waals surface area (Å²) >= 11 is 0. The molecule has 4 heteroatoms. The number of likely N-dealkylation sites (tertiary alicyclic amines) is 1. The predicted octanol–water partition coefficient (Wildman–Crippen LogP) is 2.34. The average Bonchev–Trinajstić information content (AvgIpc) is 2.72. The van der Waals surface area contributed by atoms with Gasteiger partial charge in [-0.1, -0.05) is 6.92 Å². The van der Waals surface area contributed by atoms with E-state index in [1.165, 1.54) is 0 Å². The van der Waals surface area contributed by atoms with Gasteiger partial charge in [-0.05, 0) is 20.8 Å². The third-order valence-electron chi connectivity index (χ3n) is 3.87. The highest BCUT2D eigenvalue weighted by Gasteiger charge is 2.35. The minimum atomic E-state index is 0.0993. The Labute approximate surface area is 102 Å². The smallest absolute Gasteiger partial charge is 0.211 e. The molecule has 1 aromatic rings. The van der Waals surface area contributed by atoms with E-state index < -0.39 is 0 Å². The van der Waals surface area contributed by atoms with Crippen LogP contribution in [0.1, 0.15) is 44.9 Å². The highest BCUT2D eigenvalue weighted by molar-refractivity contribution is 5.82. The normalized spacial score (nSPS) is 28.4. The molecule has 4 nitrogen and oxygen atoms in total. The monoisotopic (exact) mass is 236 g/mol. The molecule has 0 amide bonds. The zero-order valence-electron chi connectivity index (χ0n) is 10.9. The van der Waals surface area contributed by atoms with E-state index in [0.717, 1.165) is 18.2 Å². The van der Waals surface area contributed by atoms with Gasteiger partial charge in [-0.15, -0.1) is 0 Å². The molecule has 3 unspecified atom stereocenters. The Balaban J connectivity index is 2.14. The SMILES string of the molecule is Cc1cnc(C(C)N2CCC(=O)C(C)C2C)o1. The van der Waals surface area contributed by atoms with Gasteiger partial charge in [-0.3, -0.25) is 9.69 Å². The molecule has 1 aliphatic rings. The summed E-state index contributed by atoms with van der Waals surface area (Å²) < 4.78 is 5.57. The Hall–Kier alpha value is -1.16. The standard InChI is InChI=1S/C13H20N2O2/c1-8-7-14-13(17-8)11(4)15-6-5-12(16)9(2)10(15)3/h7,9-11H,5-6H2,1-4H3. The van der Waals surface area contributed by atoms with Crippen molar-refractivity contribution in [2.45, 2.75) is 46.2 Å². The van der Waals surface area contributed by atoms with Crippen molar-refractivity contribution in [2.75, 3.05) is 6.54 Å². The van der Waals surface area contributed by atoms with Crippen LogP contribution in [0.5, 0.6) is 0 Å². The average molecular weight is 236 g/mol. The summed E-state index contributed by atoms with van der Waals surface area (Å²) in [6.45, 7) is 8.90. The van der Waals surface area contributed by atoms with Gasteiger partial charge in [0, 0.05) is 24.9 Å². The van der Waals surface area contributed by atoms with Gasteiger partial charge in [0.2, 0.25) is 5.89 Å². The van der Waals surface area contributed by atoms with Gasteiger partial charge in [0.25, 0.3) is 0 Å². The number of piperidine rings is 1. The lowest BCUT2D eigenvalue weighted by atomic mass is 9.89. The van der Waals surface area contributed by atoms with Gasteiger partial charge in [0.1, 0.15) is 11.5 Å². The molecule has 0 radical (unpaired) electrons. The molecule has 0 bridgehead atoms. The number of ketones is 1. The minimum Gasteiger partial charge on any atom is -0.444 e. The van der Waals surface area contributed by atoms with Crippen molar-refractivity contribution >= 4 is 5.78 Å². The molecule has 1 saturated heterocycles. The van der Waals surface area contributed by atoms with Crippen LogP contribution in [-0.4, -0.2) is 28.3 Å². The second kappa shape index (κ2) is 4.61. The van der Waals surface area contributed by atoms with Crippen molar-refractivity contribution in [3.05, 3.63) is 17.8 Å². The van der Waals surface area contributed by atoms with Gasteiger partial charge in [-0.25, -0.2) is 4.98 Å². The van der Waals surface area contributed by atoms with Crippen molar-refractivity contribution in [2.24, 2.45) is 5.92 Å². The molecule has 1 aromatic heterocycles. The van der Waals surface area contributed by atoms with Crippen molar-refractivity contribution < 1.29 is 9.21 Å². The molecule has 1 fully saturated rings. The summed E-state index contributed by atoms with van der Waals surface area (Å²) in [5, 5.41) is 0. The maximum absolute atomic E-state index is 11.6.